The maximum atomic E-state index is 13.1. The molecule has 2 saturated heterocycles. The summed E-state index contributed by atoms with van der Waals surface area (Å²) in [5.41, 5.74) is 0.761. The highest BCUT2D eigenvalue weighted by molar-refractivity contribution is 7.89. The van der Waals surface area contributed by atoms with Crippen molar-refractivity contribution in [2.24, 2.45) is 0 Å². The lowest BCUT2D eigenvalue weighted by molar-refractivity contribution is -0.140. The minimum absolute atomic E-state index is 0.0732. The van der Waals surface area contributed by atoms with Gasteiger partial charge in [-0.15, -0.1) is 0 Å². The van der Waals surface area contributed by atoms with E-state index in [4.69, 9.17) is 9.47 Å². The molecule has 2 aromatic rings. The Hall–Kier alpha value is -3.21. The highest BCUT2D eigenvalue weighted by Gasteiger charge is 2.46. The third-order valence-electron chi connectivity index (χ3n) is 6.57. The molecule has 2 aromatic carbocycles. The van der Waals surface area contributed by atoms with Gasteiger partial charge in [-0.1, -0.05) is 18.6 Å². The van der Waals surface area contributed by atoms with Gasteiger partial charge in [-0.25, -0.2) is 8.42 Å². The van der Waals surface area contributed by atoms with E-state index < -0.39 is 27.8 Å². The van der Waals surface area contributed by atoms with Crippen LogP contribution in [-0.4, -0.2) is 74.9 Å². The molecule has 0 bridgehead atoms. The van der Waals surface area contributed by atoms with Crippen molar-refractivity contribution in [3.05, 3.63) is 65.2 Å². The average molecular weight is 515 g/mol. The zero-order chi connectivity index (χ0) is 25.9. The van der Waals surface area contributed by atoms with Crippen LogP contribution in [0.4, 0.5) is 0 Å². The Labute approximate surface area is 211 Å². The second-order valence-electron chi connectivity index (χ2n) is 8.75. The summed E-state index contributed by atoms with van der Waals surface area (Å²) in [6.07, 6.45) is 2.66. The van der Waals surface area contributed by atoms with Crippen molar-refractivity contribution in [3.8, 4) is 5.75 Å². The SMILES string of the molecule is COCCN1C(=O)C(=O)C(=C(O)c2ccc(S(=O)(=O)N3CCCCC3)cc2)[C@H]1c1cccc(OC)c1. The van der Waals surface area contributed by atoms with E-state index in [0.29, 0.717) is 24.4 Å². The van der Waals surface area contributed by atoms with Gasteiger partial charge in [0, 0.05) is 32.3 Å². The Kier molecular flexibility index (Phi) is 7.77. The number of benzene rings is 2. The molecule has 10 heteroatoms. The molecule has 0 saturated carbocycles. The van der Waals surface area contributed by atoms with Gasteiger partial charge in [0.1, 0.15) is 11.5 Å². The largest absolute Gasteiger partial charge is 0.507 e. The van der Waals surface area contributed by atoms with Gasteiger partial charge in [-0.3, -0.25) is 9.59 Å². The Balaban J connectivity index is 1.74. The molecule has 0 spiro atoms. The van der Waals surface area contributed by atoms with Gasteiger partial charge in [-0.2, -0.15) is 4.31 Å². The molecule has 9 nitrogen and oxygen atoms in total. The number of sulfonamides is 1. The molecule has 2 heterocycles. The van der Waals surface area contributed by atoms with E-state index in [1.54, 1.807) is 24.3 Å². The van der Waals surface area contributed by atoms with E-state index in [2.05, 4.69) is 0 Å². The zero-order valence-electron chi connectivity index (χ0n) is 20.3. The first-order valence-electron chi connectivity index (χ1n) is 11.8. The van der Waals surface area contributed by atoms with E-state index in [1.807, 2.05) is 0 Å². The molecule has 4 rings (SSSR count). The maximum absolute atomic E-state index is 13.1. The number of methoxy groups -OCH3 is 2. The summed E-state index contributed by atoms with van der Waals surface area (Å²) >= 11 is 0. The van der Waals surface area contributed by atoms with Crippen LogP contribution in [-0.2, 0) is 24.3 Å². The number of hydrogen-bond donors (Lipinski definition) is 1. The van der Waals surface area contributed by atoms with Crippen LogP contribution in [0, 0.1) is 0 Å². The first-order valence-corrected chi connectivity index (χ1v) is 13.3. The summed E-state index contributed by atoms with van der Waals surface area (Å²) in [5.74, 6) is -1.40. The Morgan fingerprint density at radius 1 is 1.03 bits per heavy atom. The number of aliphatic hydroxyl groups excluding tert-OH is 1. The smallest absolute Gasteiger partial charge is 0.295 e. The number of Topliss-reactive ketones (excluding diaryl/α,β-unsaturated/α-hetero) is 1. The number of carbonyl (C=O) groups excluding carboxylic acids is 2. The van der Waals surface area contributed by atoms with Gasteiger partial charge in [-0.05, 0) is 54.8 Å². The van der Waals surface area contributed by atoms with E-state index in [9.17, 15) is 23.1 Å². The van der Waals surface area contributed by atoms with Gasteiger partial charge >= 0.3 is 0 Å². The van der Waals surface area contributed by atoms with E-state index in [0.717, 1.165) is 19.3 Å². The van der Waals surface area contributed by atoms with Crippen LogP contribution in [0.2, 0.25) is 0 Å². The maximum Gasteiger partial charge on any atom is 0.295 e. The highest BCUT2D eigenvalue weighted by Crippen LogP contribution is 2.40. The molecule has 2 aliphatic heterocycles. The fourth-order valence-electron chi connectivity index (χ4n) is 4.65. The second-order valence-corrected chi connectivity index (χ2v) is 10.7. The molecule has 0 aromatic heterocycles. The minimum atomic E-state index is -3.65. The molecule has 36 heavy (non-hydrogen) atoms. The standard InChI is InChI=1S/C26H30N2O7S/c1-34-16-15-28-23(19-7-6-8-20(17-19)35-2)22(25(30)26(28)31)24(29)18-9-11-21(12-10-18)36(32,33)27-13-4-3-5-14-27/h6-12,17,23,29H,3-5,13-16H2,1-2H3/t23-/m1/s1. The number of hydrogen-bond acceptors (Lipinski definition) is 7. The molecular formula is C26H30N2O7S. The van der Waals surface area contributed by atoms with Crippen LogP contribution < -0.4 is 4.74 Å². The van der Waals surface area contributed by atoms with Crippen LogP contribution in [0.1, 0.15) is 36.4 Å². The second kappa shape index (κ2) is 10.8. The van der Waals surface area contributed by atoms with Crippen LogP contribution in [0.15, 0.2) is 59.0 Å². The summed E-state index contributed by atoms with van der Waals surface area (Å²) in [6.45, 7) is 1.31. The highest BCUT2D eigenvalue weighted by atomic mass is 32.2. The van der Waals surface area contributed by atoms with Crippen molar-refractivity contribution < 1.29 is 32.6 Å². The number of amides is 1. The summed E-state index contributed by atoms with van der Waals surface area (Å²) in [5, 5.41) is 11.2. The molecule has 2 aliphatic rings. The molecular weight excluding hydrogens is 484 g/mol. The lowest BCUT2D eigenvalue weighted by Gasteiger charge is -2.26. The summed E-state index contributed by atoms with van der Waals surface area (Å²) in [7, 11) is -0.634. The van der Waals surface area contributed by atoms with Gasteiger partial charge in [0.05, 0.1) is 30.2 Å². The number of piperidine rings is 1. The number of ketones is 1. The van der Waals surface area contributed by atoms with Crippen molar-refractivity contribution in [1.82, 2.24) is 9.21 Å². The van der Waals surface area contributed by atoms with Crippen molar-refractivity contribution in [2.45, 2.75) is 30.2 Å². The van der Waals surface area contributed by atoms with Crippen molar-refractivity contribution in [1.29, 1.82) is 0 Å². The number of nitrogens with zero attached hydrogens (tertiary/aromatic N) is 2. The fraction of sp³-hybridized carbons (Fsp3) is 0.385. The zero-order valence-corrected chi connectivity index (χ0v) is 21.2. The number of carbonyl (C=O) groups is 2. The molecule has 1 atom stereocenters. The number of likely N-dealkylation sites (tertiary alicyclic amines) is 1. The van der Waals surface area contributed by atoms with Gasteiger partial charge in [0.2, 0.25) is 10.0 Å². The average Bonchev–Trinajstić information content (AvgIpc) is 3.17. The summed E-state index contributed by atoms with van der Waals surface area (Å²) in [6, 6.07) is 11.8. The van der Waals surface area contributed by atoms with Crippen LogP contribution in [0.3, 0.4) is 0 Å². The van der Waals surface area contributed by atoms with Crippen LogP contribution >= 0.6 is 0 Å². The van der Waals surface area contributed by atoms with Crippen molar-refractivity contribution in [2.75, 3.05) is 40.5 Å². The Morgan fingerprint density at radius 2 is 1.72 bits per heavy atom. The lowest BCUT2D eigenvalue weighted by atomic mass is 9.95. The van der Waals surface area contributed by atoms with E-state index >= 15 is 0 Å². The third kappa shape index (κ3) is 4.88. The predicted octanol–water partition coefficient (Wildman–Crippen LogP) is 2.94. The third-order valence-corrected chi connectivity index (χ3v) is 8.48. The molecule has 192 valence electrons. The molecule has 0 radical (unpaired) electrons. The first-order chi connectivity index (χ1) is 17.3. The summed E-state index contributed by atoms with van der Waals surface area (Å²) in [4.78, 5) is 27.5. The Bertz CT molecular complexity index is 1270. The minimum Gasteiger partial charge on any atom is -0.507 e. The fourth-order valence-corrected chi connectivity index (χ4v) is 6.17. The molecule has 1 N–H and O–H groups in total. The normalized spacial score (nSPS) is 20.6. The van der Waals surface area contributed by atoms with Crippen LogP contribution in [0.5, 0.6) is 5.75 Å². The summed E-state index contributed by atoms with van der Waals surface area (Å²) < 4.78 is 37.9. The molecule has 0 unspecified atom stereocenters. The number of ether oxygens (including phenoxy) is 2. The molecule has 1 amide bonds. The topological polar surface area (TPSA) is 113 Å². The monoisotopic (exact) mass is 514 g/mol. The van der Waals surface area contributed by atoms with Crippen molar-refractivity contribution >= 4 is 27.5 Å². The van der Waals surface area contributed by atoms with E-state index in [1.165, 1.54) is 47.7 Å². The predicted molar refractivity (Wildman–Crippen MR) is 133 cm³/mol. The van der Waals surface area contributed by atoms with Crippen molar-refractivity contribution in [3.63, 3.8) is 0 Å². The van der Waals surface area contributed by atoms with Crippen LogP contribution in [0.25, 0.3) is 5.76 Å². The lowest BCUT2D eigenvalue weighted by Crippen LogP contribution is -2.35. The van der Waals surface area contributed by atoms with Gasteiger partial charge in [0.25, 0.3) is 11.7 Å². The number of rotatable bonds is 8. The number of aliphatic hydroxyl groups is 1. The molecule has 0 aliphatic carbocycles. The van der Waals surface area contributed by atoms with Gasteiger partial charge in [0.15, 0.2) is 0 Å². The quantitative estimate of drug-likeness (QED) is 0.327. The van der Waals surface area contributed by atoms with E-state index in [-0.39, 0.29) is 34.9 Å². The first kappa shape index (κ1) is 25.9. The Morgan fingerprint density at radius 3 is 2.36 bits per heavy atom. The van der Waals surface area contributed by atoms with Gasteiger partial charge < -0.3 is 19.5 Å². The molecule has 2 fully saturated rings.